The molecule has 0 fully saturated rings. The van der Waals surface area contributed by atoms with E-state index < -0.39 is 0 Å². The molecule has 0 aliphatic heterocycles. The van der Waals surface area contributed by atoms with Crippen molar-refractivity contribution in [2.24, 2.45) is 0 Å². The zero-order valence-electron chi connectivity index (χ0n) is 29.3. The average molecular weight is 597 g/mol. The molecule has 0 saturated heterocycles. The molecule has 0 aliphatic carbocycles. The second-order valence-corrected chi connectivity index (χ2v) is 12.3. The molecule has 0 unspecified atom stereocenters. The Bertz CT molecular complexity index is 519. The highest BCUT2D eigenvalue weighted by molar-refractivity contribution is 5.69. The molecular formula is C38H76O4. The van der Waals surface area contributed by atoms with Crippen molar-refractivity contribution in [2.75, 3.05) is 13.2 Å². The smallest absolute Gasteiger partial charge is 0.305 e. The Balaban J connectivity index is 0. The van der Waals surface area contributed by atoms with Gasteiger partial charge in [-0.2, -0.15) is 0 Å². The lowest BCUT2D eigenvalue weighted by Crippen LogP contribution is -2.03. The zero-order chi connectivity index (χ0) is 31.2. The van der Waals surface area contributed by atoms with Crippen LogP contribution >= 0.6 is 0 Å². The van der Waals surface area contributed by atoms with Crippen molar-refractivity contribution in [1.29, 1.82) is 0 Å². The Labute approximate surface area is 264 Å². The van der Waals surface area contributed by atoms with Gasteiger partial charge < -0.3 is 9.47 Å². The third-order valence-electron chi connectivity index (χ3n) is 8.08. The number of hydrogen-bond acceptors (Lipinski definition) is 4. The molecule has 42 heavy (non-hydrogen) atoms. The molecule has 0 aromatic heterocycles. The molecule has 4 nitrogen and oxygen atoms in total. The topological polar surface area (TPSA) is 52.6 Å². The van der Waals surface area contributed by atoms with Gasteiger partial charge in [0.15, 0.2) is 0 Å². The van der Waals surface area contributed by atoms with Gasteiger partial charge in [0.2, 0.25) is 0 Å². The van der Waals surface area contributed by atoms with Gasteiger partial charge in [-0.25, -0.2) is 0 Å². The van der Waals surface area contributed by atoms with Gasteiger partial charge >= 0.3 is 11.9 Å². The molecule has 252 valence electrons. The van der Waals surface area contributed by atoms with Crippen LogP contribution in [-0.2, 0) is 19.1 Å². The minimum Gasteiger partial charge on any atom is -0.466 e. The Morgan fingerprint density at radius 3 is 0.690 bits per heavy atom. The van der Waals surface area contributed by atoms with Crippen LogP contribution in [0.3, 0.4) is 0 Å². The minimum atomic E-state index is -0.0319. The van der Waals surface area contributed by atoms with Gasteiger partial charge in [0.25, 0.3) is 0 Å². The molecule has 0 aliphatic rings. The molecule has 4 heteroatoms. The lowest BCUT2D eigenvalue weighted by molar-refractivity contribution is -0.144. The monoisotopic (exact) mass is 597 g/mol. The Hall–Kier alpha value is -1.06. The number of unbranched alkanes of at least 4 members (excludes halogenated alkanes) is 26. The molecule has 0 spiro atoms. The first-order valence-electron chi connectivity index (χ1n) is 18.9. The standard InChI is InChI=1S/C20H40O2.C18H36O2/c1-3-5-6-7-8-9-10-11-12-13-14-15-16-17-18-19-20(21)22-4-2;1-3-5-6-7-8-9-10-11-12-13-14-15-16-17-18(19)20-4-2/h3-19H2,1-2H3;3-17H2,1-2H3. The fourth-order valence-corrected chi connectivity index (χ4v) is 5.39. The number of rotatable bonds is 32. The van der Waals surface area contributed by atoms with E-state index in [1.807, 2.05) is 13.8 Å². The van der Waals surface area contributed by atoms with Crippen LogP contribution in [0.2, 0.25) is 0 Å². The fourth-order valence-electron chi connectivity index (χ4n) is 5.39. The normalized spacial score (nSPS) is 10.8. The predicted octanol–water partition coefficient (Wildman–Crippen LogP) is 12.8. The van der Waals surface area contributed by atoms with Gasteiger partial charge in [-0.3, -0.25) is 9.59 Å². The predicted molar refractivity (Wildman–Crippen MR) is 183 cm³/mol. The Kier molecular flexibility index (Phi) is 41.0. The van der Waals surface area contributed by atoms with Crippen LogP contribution in [0, 0.1) is 0 Å². The summed E-state index contributed by atoms with van der Waals surface area (Å²) in [6, 6.07) is 0. The van der Waals surface area contributed by atoms with Gasteiger partial charge in [0.05, 0.1) is 13.2 Å². The van der Waals surface area contributed by atoms with E-state index in [1.165, 1.54) is 167 Å². The first-order chi connectivity index (χ1) is 20.6. The van der Waals surface area contributed by atoms with Gasteiger partial charge in [-0.1, -0.05) is 181 Å². The molecule has 0 aromatic rings. The number of hydrogen-bond donors (Lipinski definition) is 0. The first kappa shape index (κ1) is 43.1. The van der Waals surface area contributed by atoms with Gasteiger partial charge in [0.1, 0.15) is 0 Å². The van der Waals surface area contributed by atoms with E-state index in [0.29, 0.717) is 26.1 Å². The number of carbonyl (C=O) groups is 2. The molecule has 0 rings (SSSR count). The van der Waals surface area contributed by atoms with Gasteiger partial charge in [-0.05, 0) is 26.7 Å². The van der Waals surface area contributed by atoms with Crippen molar-refractivity contribution in [3.63, 3.8) is 0 Å². The lowest BCUT2D eigenvalue weighted by Gasteiger charge is -2.03. The van der Waals surface area contributed by atoms with Crippen LogP contribution in [0.25, 0.3) is 0 Å². The molecule has 0 atom stereocenters. The molecule has 0 aromatic carbocycles. The summed E-state index contributed by atoms with van der Waals surface area (Å²) in [5.74, 6) is -0.0623. The maximum Gasteiger partial charge on any atom is 0.305 e. The van der Waals surface area contributed by atoms with E-state index >= 15 is 0 Å². The van der Waals surface area contributed by atoms with E-state index in [4.69, 9.17) is 9.47 Å². The average Bonchev–Trinajstić information content (AvgIpc) is 2.98. The summed E-state index contributed by atoms with van der Waals surface area (Å²) < 4.78 is 9.83. The number of carbonyl (C=O) groups excluding carboxylic acids is 2. The van der Waals surface area contributed by atoms with Crippen LogP contribution in [0.4, 0.5) is 0 Å². The van der Waals surface area contributed by atoms with Crippen molar-refractivity contribution in [2.45, 2.75) is 220 Å². The van der Waals surface area contributed by atoms with Crippen LogP contribution in [0.15, 0.2) is 0 Å². The Morgan fingerprint density at radius 2 is 0.500 bits per heavy atom. The van der Waals surface area contributed by atoms with E-state index in [1.54, 1.807) is 0 Å². The van der Waals surface area contributed by atoms with Crippen molar-refractivity contribution in [1.82, 2.24) is 0 Å². The summed E-state index contributed by atoms with van der Waals surface area (Å²) in [7, 11) is 0. The SMILES string of the molecule is CCCCCCCCCCCCCCCC(=O)OCC.CCCCCCCCCCCCCCCCCC(=O)OCC. The molecule has 0 radical (unpaired) electrons. The quantitative estimate of drug-likeness (QED) is 0.0572. The molecule has 0 saturated carbocycles. The second kappa shape index (κ2) is 39.9. The number of ether oxygens (including phenoxy) is 2. The fraction of sp³-hybridized carbons (Fsp3) is 0.947. The third-order valence-corrected chi connectivity index (χ3v) is 8.08. The zero-order valence-corrected chi connectivity index (χ0v) is 29.3. The summed E-state index contributed by atoms with van der Waals surface area (Å²) in [6.07, 6.45) is 39.0. The van der Waals surface area contributed by atoms with Crippen molar-refractivity contribution in [3.8, 4) is 0 Å². The second-order valence-electron chi connectivity index (χ2n) is 12.3. The summed E-state index contributed by atoms with van der Waals surface area (Å²) >= 11 is 0. The summed E-state index contributed by atoms with van der Waals surface area (Å²) in [5.41, 5.74) is 0. The highest BCUT2D eigenvalue weighted by Crippen LogP contribution is 2.15. The van der Waals surface area contributed by atoms with E-state index in [-0.39, 0.29) is 11.9 Å². The molecule has 0 N–H and O–H groups in total. The highest BCUT2D eigenvalue weighted by Gasteiger charge is 2.01. The van der Waals surface area contributed by atoms with E-state index in [0.717, 1.165) is 12.8 Å². The van der Waals surface area contributed by atoms with E-state index in [9.17, 15) is 9.59 Å². The highest BCUT2D eigenvalue weighted by atomic mass is 16.5. The summed E-state index contributed by atoms with van der Waals surface area (Å²) in [4.78, 5) is 22.3. The molecule has 0 bridgehead atoms. The maximum atomic E-state index is 11.2. The summed E-state index contributed by atoms with van der Waals surface area (Å²) in [5, 5.41) is 0. The Morgan fingerprint density at radius 1 is 0.310 bits per heavy atom. The minimum absolute atomic E-state index is 0.0304. The maximum absolute atomic E-state index is 11.2. The van der Waals surface area contributed by atoms with Crippen molar-refractivity contribution < 1.29 is 19.1 Å². The molecule has 0 heterocycles. The molecular weight excluding hydrogens is 520 g/mol. The van der Waals surface area contributed by atoms with Gasteiger partial charge in [-0.15, -0.1) is 0 Å². The number of esters is 2. The van der Waals surface area contributed by atoms with Crippen LogP contribution in [0.5, 0.6) is 0 Å². The van der Waals surface area contributed by atoms with Crippen LogP contribution in [-0.4, -0.2) is 25.2 Å². The van der Waals surface area contributed by atoms with Gasteiger partial charge in [0, 0.05) is 12.8 Å². The lowest BCUT2D eigenvalue weighted by atomic mass is 10.0. The third kappa shape index (κ3) is 41.1. The molecule has 0 amide bonds. The van der Waals surface area contributed by atoms with Crippen molar-refractivity contribution in [3.05, 3.63) is 0 Å². The van der Waals surface area contributed by atoms with Crippen LogP contribution in [0.1, 0.15) is 220 Å². The van der Waals surface area contributed by atoms with Crippen molar-refractivity contribution >= 4 is 11.9 Å². The largest absolute Gasteiger partial charge is 0.466 e. The van der Waals surface area contributed by atoms with E-state index in [2.05, 4.69) is 13.8 Å². The first-order valence-corrected chi connectivity index (χ1v) is 18.9. The van der Waals surface area contributed by atoms with Crippen LogP contribution < -0.4 is 0 Å². The summed E-state index contributed by atoms with van der Waals surface area (Å²) in [6.45, 7) is 9.30.